The maximum absolute atomic E-state index is 13.4. The van der Waals surface area contributed by atoms with Crippen LogP contribution in [-0.2, 0) is 57.5 Å². The molecule has 0 aliphatic carbocycles. The van der Waals surface area contributed by atoms with Crippen LogP contribution in [0.5, 0.6) is 0 Å². The summed E-state index contributed by atoms with van der Waals surface area (Å²) < 4.78 is 0. The molecule has 0 spiro atoms. The highest BCUT2D eigenvalue weighted by molar-refractivity contribution is 5.98. The highest BCUT2D eigenvalue weighted by Gasteiger charge is 2.36. The number of carboxylic acid groups (broad SMARTS) is 2. The van der Waals surface area contributed by atoms with E-state index in [2.05, 4.69) is 37.2 Å². The first kappa shape index (κ1) is 59.4. The van der Waals surface area contributed by atoms with Crippen LogP contribution in [0.3, 0.4) is 0 Å². The molecule has 0 aromatic heterocycles. The molecule has 12 atom stereocenters. The number of rotatable bonds is 29. The maximum atomic E-state index is 13.4. The third kappa shape index (κ3) is 21.0. The fraction of sp³-hybridized carbons (Fsp3) is 0.676. The molecule has 0 bridgehead atoms. The van der Waals surface area contributed by atoms with E-state index in [0.29, 0.717) is 0 Å². The molecule has 19 N–H and O–H groups in total. The van der Waals surface area contributed by atoms with Crippen molar-refractivity contribution in [2.75, 3.05) is 13.2 Å². The summed E-state index contributed by atoms with van der Waals surface area (Å²) in [6, 6.07) is -14.6. The lowest BCUT2D eigenvalue weighted by Gasteiger charge is -2.28. The Morgan fingerprint density at radius 3 is 1.36 bits per heavy atom. The first-order chi connectivity index (χ1) is 30.4. The molecule has 0 saturated heterocycles. The predicted molar refractivity (Wildman–Crippen MR) is 223 cm³/mol. The van der Waals surface area contributed by atoms with Gasteiger partial charge in [-0.3, -0.25) is 52.7 Å². The number of nitrogens with two attached hydrogens (primary N) is 2. The van der Waals surface area contributed by atoms with Gasteiger partial charge in [-0.1, -0.05) is 13.8 Å². The van der Waals surface area contributed by atoms with Crippen LogP contribution < -0.4 is 59.3 Å². The minimum absolute atomic E-state index is 0.609. The highest BCUT2D eigenvalue weighted by Crippen LogP contribution is 2.07. The number of hydrogen-bond donors (Lipinski definition) is 17. The van der Waals surface area contributed by atoms with Crippen molar-refractivity contribution in [1.82, 2.24) is 47.9 Å². The second kappa shape index (κ2) is 28.4. The molecule has 0 heterocycles. The highest BCUT2D eigenvalue weighted by atomic mass is 16.4. The van der Waals surface area contributed by atoms with E-state index in [0.717, 1.165) is 20.8 Å². The van der Waals surface area contributed by atoms with E-state index in [9.17, 15) is 88.2 Å². The Balaban J connectivity index is 5.81. The summed E-state index contributed by atoms with van der Waals surface area (Å²) in [6.07, 6.45) is -6.91. The molecule has 0 rings (SSSR count). The number of nitrogens with one attached hydrogen (secondary N) is 9. The van der Waals surface area contributed by atoms with Gasteiger partial charge in [-0.25, -0.2) is 4.79 Å². The van der Waals surface area contributed by atoms with Crippen molar-refractivity contribution in [3.05, 3.63) is 0 Å². The second-order valence-electron chi connectivity index (χ2n) is 15.5. The number of carbonyl (C=O) groups is 12. The zero-order valence-electron chi connectivity index (χ0n) is 37.3. The van der Waals surface area contributed by atoms with Crippen LogP contribution in [0, 0.1) is 5.92 Å². The van der Waals surface area contributed by atoms with E-state index in [1.807, 2.05) is 10.6 Å². The lowest BCUT2D eigenvalue weighted by atomic mass is 10.0. The molecule has 374 valence electrons. The van der Waals surface area contributed by atoms with Crippen LogP contribution in [0.15, 0.2) is 0 Å². The van der Waals surface area contributed by atoms with E-state index in [1.54, 1.807) is 0 Å². The van der Waals surface area contributed by atoms with Crippen molar-refractivity contribution in [2.24, 2.45) is 17.4 Å². The Labute approximate surface area is 377 Å². The summed E-state index contributed by atoms with van der Waals surface area (Å²) in [7, 11) is 0. The summed E-state index contributed by atoms with van der Waals surface area (Å²) in [4.78, 5) is 150. The maximum Gasteiger partial charge on any atom is 0.326 e. The number of aliphatic hydroxyl groups excluding tert-OH is 4. The average Bonchev–Trinajstić information content (AvgIpc) is 3.21. The zero-order chi connectivity index (χ0) is 51.3. The van der Waals surface area contributed by atoms with Crippen LogP contribution >= 0.6 is 0 Å². The average molecular weight is 950 g/mol. The van der Waals surface area contributed by atoms with E-state index in [4.69, 9.17) is 11.5 Å². The van der Waals surface area contributed by atoms with Crippen molar-refractivity contribution in [1.29, 1.82) is 0 Å². The van der Waals surface area contributed by atoms with Crippen LogP contribution in [0.1, 0.15) is 67.7 Å². The van der Waals surface area contributed by atoms with Crippen LogP contribution in [0.25, 0.3) is 0 Å². The summed E-state index contributed by atoms with van der Waals surface area (Å²) >= 11 is 0. The lowest BCUT2D eigenvalue weighted by Crippen LogP contribution is -2.63. The molecule has 29 heteroatoms. The van der Waals surface area contributed by atoms with Crippen LogP contribution in [-0.4, -0.2) is 187 Å². The van der Waals surface area contributed by atoms with Gasteiger partial charge < -0.3 is 90.0 Å². The van der Waals surface area contributed by atoms with E-state index < -0.39 is 182 Å². The first-order valence-corrected chi connectivity index (χ1v) is 20.3. The van der Waals surface area contributed by atoms with Gasteiger partial charge in [-0.15, -0.1) is 0 Å². The molecule has 0 aromatic carbocycles. The van der Waals surface area contributed by atoms with Gasteiger partial charge >= 0.3 is 11.9 Å². The Bertz CT molecular complexity index is 1780. The molecular weight excluding hydrogens is 886 g/mol. The third-order valence-corrected chi connectivity index (χ3v) is 9.26. The topological polar surface area (TPSA) is 487 Å². The summed E-state index contributed by atoms with van der Waals surface area (Å²) in [5.74, 6) is -14.6. The fourth-order valence-corrected chi connectivity index (χ4v) is 5.31. The Morgan fingerprint density at radius 2 is 0.939 bits per heavy atom. The van der Waals surface area contributed by atoms with Gasteiger partial charge in [0.1, 0.15) is 54.4 Å². The Kier molecular flexibility index (Phi) is 25.6. The van der Waals surface area contributed by atoms with Crippen LogP contribution in [0.4, 0.5) is 0 Å². The number of hydrogen-bond acceptors (Lipinski definition) is 17. The Morgan fingerprint density at radius 1 is 0.500 bits per heavy atom. The number of aliphatic carboxylic acids is 2. The number of carbonyl (C=O) groups excluding carboxylic acids is 10. The van der Waals surface area contributed by atoms with Crippen molar-refractivity contribution in [3.8, 4) is 0 Å². The van der Waals surface area contributed by atoms with E-state index in [1.165, 1.54) is 27.7 Å². The molecule has 0 radical (unpaired) electrons. The fourth-order valence-electron chi connectivity index (χ4n) is 5.31. The second-order valence-corrected chi connectivity index (χ2v) is 15.5. The number of amides is 10. The summed E-state index contributed by atoms with van der Waals surface area (Å²) in [5.41, 5.74) is 10.5. The minimum atomic E-state index is -1.95. The van der Waals surface area contributed by atoms with Gasteiger partial charge in [0, 0.05) is 6.42 Å². The lowest BCUT2D eigenvalue weighted by molar-refractivity contribution is -0.144. The molecule has 0 aliphatic heterocycles. The molecule has 0 fully saturated rings. The standard InChI is InChI=1S/C37H63N11O18/c1-13(2)26(46-23(54)11-40-31(59)21(12-49)45-30(58)14(3)41-33(61)25(39)16(5)50)34(62)42-15(4)29(57)43-19(8-9-24(55)56)32(60)47-28(18(7)52)36(64)48-27(17(6)51)35(63)44-20(37(65)66)10-22(38)53/h13-21,25-28,49-52H,8-12,39H2,1-7H3,(H2,38,53)(H,40,59)(H,41,61)(H,42,62)(H,43,57)(H,44,63)(H,45,58)(H,46,54)(H,47,60)(H,48,64)(H,55,56)(H,65,66). The summed E-state index contributed by atoms with van der Waals surface area (Å²) in [6.45, 7) is 6.97. The number of carboxylic acids is 2. The minimum Gasteiger partial charge on any atom is -0.481 e. The number of aliphatic hydroxyl groups is 4. The summed E-state index contributed by atoms with van der Waals surface area (Å²) in [5, 5.41) is 77.8. The molecule has 10 amide bonds. The number of primary amides is 1. The quantitative estimate of drug-likeness (QED) is 0.0331. The van der Waals surface area contributed by atoms with Gasteiger partial charge in [-0.2, -0.15) is 0 Å². The van der Waals surface area contributed by atoms with Gasteiger partial charge in [0.25, 0.3) is 0 Å². The predicted octanol–water partition coefficient (Wildman–Crippen LogP) is -9.04. The van der Waals surface area contributed by atoms with Gasteiger partial charge in [0.15, 0.2) is 0 Å². The molecule has 66 heavy (non-hydrogen) atoms. The molecule has 0 aromatic rings. The smallest absolute Gasteiger partial charge is 0.326 e. The van der Waals surface area contributed by atoms with Gasteiger partial charge in [-0.05, 0) is 47.0 Å². The van der Waals surface area contributed by atoms with E-state index in [-0.39, 0.29) is 0 Å². The monoisotopic (exact) mass is 949 g/mol. The SMILES string of the molecule is CC(NC(=O)C(N)C(C)O)C(=O)NC(CO)C(=O)NCC(=O)NC(C(=O)NC(C)C(=O)NC(CCC(=O)O)C(=O)NC(C(=O)NC(C(=O)NC(CC(N)=O)C(=O)O)C(C)O)C(C)O)C(C)C. The molecular formula is C37H63N11O18. The van der Waals surface area contributed by atoms with Crippen molar-refractivity contribution >= 4 is 71.0 Å². The normalized spacial score (nSPS) is 16.5. The van der Waals surface area contributed by atoms with E-state index >= 15 is 0 Å². The van der Waals surface area contributed by atoms with Crippen molar-refractivity contribution in [3.63, 3.8) is 0 Å². The molecule has 12 unspecified atom stereocenters. The first-order valence-electron chi connectivity index (χ1n) is 20.3. The largest absolute Gasteiger partial charge is 0.481 e. The zero-order valence-corrected chi connectivity index (χ0v) is 37.3. The third-order valence-electron chi connectivity index (χ3n) is 9.26. The molecule has 29 nitrogen and oxygen atoms in total. The van der Waals surface area contributed by atoms with Crippen LogP contribution in [0.2, 0.25) is 0 Å². The van der Waals surface area contributed by atoms with Crippen molar-refractivity contribution < 1.29 is 88.2 Å². The van der Waals surface area contributed by atoms with Gasteiger partial charge in [0.2, 0.25) is 59.1 Å². The Hall–Kier alpha value is -6.56. The van der Waals surface area contributed by atoms with Gasteiger partial charge in [0.05, 0.1) is 37.9 Å². The molecule has 0 aliphatic rings. The van der Waals surface area contributed by atoms with Crippen molar-refractivity contribution in [2.45, 2.75) is 140 Å². The molecule has 0 saturated carbocycles.